The van der Waals surface area contributed by atoms with Crippen molar-refractivity contribution in [2.45, 2.75) is 64.3 Å². The minimum atomic E-state index is 0.552. The zero-order valence-electron chi connectivity index (χ0n) is 11.3. The van der Waals surface area contributed by atoms with E-state index in [0.717, 1.165) is 30.2 Å². The van der Waals surface area contributed by atoms with Crippen LogP contribution in [0.4, 0.5) is 5.82 Å². The molecule has 2 rings (SSSR count). The first-order valence-electron chi connectivity index (χ1n) is 7.06. The minimum Gasteiger partial charge on any atom is -0.384 e. The van der Waals surface area contributed by atoms with Crippen LogP contribution in [0.25, 0.3) is 0 Å². The quantitative estimate of drug-likeness (QED) is 0.810. The number of imidazole rings is 1. The predicted octanol–water partition coefficient (Wildman–Crippen LogP) is 3.10. The summed E-state index contributed by atoms with van der Waals surface area (Å²) >= 11 is 0. The lowest BCUT2D eigenvalue weighted by atomic mass is 10.1. The van der Waals surface area contributed by atoms with Gasteiger partial charge in [-0.15, -0.1) is 6.42 Å². The molecular formula is C15H23N3. The van der Waals surface area contributed by atoms with Gasteiger partial charge in [-0.2, -0.15) is 0 Å². The highest BCUT2D eigenvalue weighted by atomic mass is 15.1. The first kappa shape index (κ1) is 13.0. The first-order valence-corrected chi connectivity index (χ1v) is 7.06. The van der Waals surface area contributed by atoms with Gasteiger partial charge in [-0.1, -0.05) is 32.1 Å². The second kappa shape index (κ2) is 5.95. The number of aromatic nitrogens is 2. The fraction of sp³-hybridized carbons (Fsp3) is 0.667. The van der Waals surface area contributed by atoms with Gasteiger partial charge in [0.1, 0.15) is 11.6 Å². The Morgan fingerprint density at radius 2 is 2.17 bits per heavy atom. The molecule has 1 saturated carbocycles. The second-order valence-electron chi connectivity index (χ2n) is 5.18. The van der Waals surface area contributed by atoms with E-state index in [0.29, 0.717) is 12.5 Å². The van der Waals surface area contributed by atoms with Crippen LogP contribution in [0, 0.1) is 12.3 Å². The van der Waals surface area contributed by atoms with E-state index in [1.54, 1.807) is 0 Å². The number of nitrogens with zero attached hydrogens (tertiary/aromatic N) is 2. The average molecular weight is 245 g/mol. The molecule has 0 unspecified atom stereocenters. The summed E-state index contributed by atoms with van der Waals surface area (Å²) in [6, 6.07) is 0. The first-order chi connectivity index (χ1) is 8.77. The van der Waals surface area contributed by atoms with Crippen molar-refractivity contribution in [1.82, 2.24) is 9.55 Å². The number of terminal acetylenes is 1. The monoisotopic (exact) mass is 245 g/mol. The van der Waals surface area contributed by atoms with Gasteiger partial charge in [0.2, 0.25) is 0 Å². The van der Waals surface area contributed by atoms with E-state index in [-0.39, 0.29) is 0 Å². The Balaban J connectivity index is 2.28. The molecule has 1 aliphatic carbocycles. The Labute approximate surface area is 110 Å². The number of nitrogen functional groups attached to an aromatic ring is 1. The Morgan fingerprint density at radius 3 is 2.78 bits per heavy atom. The van der Waals surface area contributed by atoms with Crippen molar-refractivity contribution in [2.75, 3.05) is 5.73 Å². The van der Waals surface area contributed by atoms with Crippen molar-refractivity contribution in [2.24, 2.45) is 0 Å². The van der Waals surface area contributed by atoms with Crippen molar-refractivity contribution in [3.05, 3.63) is 11.5 Å². The van der Waals surface area contributed by atoms with E-state index >= 15 is 0 Å². The molecule has 0 spiro atoms. The summed E-state index contributed by atoms with van der Waals surface area (Å²) in [5.74, 6) is 5.19. The Morgan fingerprint density at radius 1 is 1.44 bits per heavy atom. The molecule has 98 valence electrons. The van der Waals surface area contributed by atoms with E-state index < -0.39 is 0 Å². The van der Waals surface area contributed by atoms with Crippen molar-refractivity contribution in [1.29, 1.82) is 0 Å². The van der Waals surface area contributed by atoms with Crippen molar-refractivity contribution < 1.29 is 0 Å². The third kappa shape index (κ3) is 2.53. The zero-order valence-corrected chi connectivity index (χ0v) is 11.3. The molecule has 2 N–H and O–H groups in total. The topological polar surface area (TPSA) is 43.8 Å². The zero-order chi connectivity index (χ0) is 13.0. The normalized spacial score (nSPS) is 16.0. The summed E-state index contributed by atoms with van der Waals surface area (Å²) < 4.78 is 2.06. The molecule has 1 aliphatic rings. The highest BCUT2D eigenvalue weighted by Gasteiger charge is 2.24. The Kier molecular flexibility index (Phi) is 4.30. The van der Waals surface area contributed by atoms with Crippen LogP contribution in [0.5, 0.6) is 0 Å². The third-order valence-electron chi connectivity index (χ3n) is 3.85. The van der Waals surface area contributed by atoms with Crippen LogP contribution >= 0.6 is 0 Å². The maximum atomic E-state index is 6.20. The van der Waals surface area contributed by atoms with Gasteiger partial charge < -0.3 is 10.3 Å². The minimum absolute atomic E-state index is 0.552. The summed E-state index contributed by atoms with van der Waals surface area (Å²) in [5.41, 5.74) is 7.25. The summed E-state index contributed by atoms with van der Waals surface area (Å²) in [6.07, 6.45) is 13.8. The van der Waals surface area contributed by atoms with E-state index in [1.165, 1.54) is 32.1 Å². The largest absolute Gasteiger partial charge is 0.384 e. The van der Waals surface area contributed by atoms with Crippen molar-refractivity contribution in [3.8, 4) is 12.3 Å². The second-order valence-corrected chi connectivity index (χ2v) is 5.18. The number of anilines is 1. The predicted molar refractivity (Wildman–Crippen MR) is 75.3 cm³/mol. The molecule has 0 radical (unpaired) electrons. The summed E-state index contributed by atoms with van der Waals surface area (Å²) in [4.78, 5) is 4.79. The molecule has 3 nitrogen and oxygen atoms in total. The van der Waals surface area contributed by atoms with E-state index in [4.69, 9.17) is 17.1 Å². The van der Waals surface area contributed by atoms with Crippen LogP contribution in [0.1, 0.15) is 62.9 Å². The van der Waals surface area contributed by atoms with Gasteiger partial charge in [0, 0.05) is 5.92 Å². The van der Waals surface area contributed by atoms with Gasteiger partial charge in [0.15, 0.2) is 0 Å². The van der Waals surface area contributed by atoms with E-state index in [1.807, 2.05) is 0 Å². The van der Waals surface area contributed by atoms with Crippen LogP contribution < -0.4 is 5.73 Å². The van der Waals surface area contributed by atoms with E-state index in [9.17, 15) is 0 Å². The Hall–Kier alpha value is -1.43. The number of unbranched alkanes of at least 4 members (excludes halogenated alkanes) is 1. The standard InChI is InChI=1S/C15H23N3/c1-3-5-10-13-14(16)18(11-4-2)15(17-13)12-8-6-7-9-12/h2,12H,3,5-11,16H2,1H3. The Bertz CT molecular complexity index is 433. The smallest absolute Gasteiger partial charge is 0.127 e. The highest BCUT2D eigenvalue weighted by molar-refractivity contribution is 5.40. The summed E-state index contributed by atoms with van der Waals surface area (Å²) in [5, 5.41) is 0. The maximum Gasteiger partial charge on any atom is 0.127 e. The molecule has 0 aliphatic heterocycles. The van der Waals surface area contributed by atoms with Crippen LogP contribution in [-0.4, -0.2) is 9.55 Å². The number of aryl methyl sites for hydroxylation is 1. The number of rotatable bonds is 5. The van der Waals surface area contributed by atoms with E-state index in [2.05, 4.69) is 17.4 Å². The molecule has 0 aromatic carbocycles. The van der Waals surface area contributed by atoms with Crippen LogP contribution in [0.2, 0.25) is 0 Å². The molecule has 1 aromatic rings. The molecule has 18 heavy (non-hydrogen) atoms. The molecule has 1 aromatic heterocycles. The molecule has 1 fully saturated rings. The average Bonchev–Trinajstić information content (AvgIpc) is 2.98. The lowest BCUT2D eigenvalue weighted by Crippen LogP contribution is -2.09. The number of hydrogen-bond acceptors (Lipinski definition) is 2. The summed E-state index contributed by atoms with van der Waals surface area (Å²) in [7, 11) is 0. The lowest BCUT2D eigenvalue weighted by molar-refractivity contribution is 0.621. The molecular weight excluding hydrogens is 222 g/mol. The van der Waals surface area contributed by atoms with Gasteiger partial charge in [0.05, 0.1) is 12.2 Å². The highest BCUT2D eigenvalue weighted by Crippen LogP contribution is 2.35. The number of hydrogen-bond donors (Lipinski definition) is 1. The molecule has 0 amide bonds. The van der Waals surface area contributed by atoms with Gasteiger partial charge in [-0.3, -0.25) is 0 Å². The molecule has 0 bridgehead atoms. The van der Waals surface area contributed by atoms with Gasteiger partial charge in [-0.05, 0) is 25.7 Å². The fourth-order valence-electron chi connectivity index (χ4n) is 2.82. The van der Waals surface area contributed by atoms with Crippen LogP contribution in [-0.2, 0) is 13.0 Å². The third-order valence-corrected chi connectivity index (χ3v) is 3.85. The van der Waals surface area contributed by atoms with Crippen molar-refractivity contribution >= 4 is 5.82 Å². The summed E-state index contributed by atoms with van der Waals surface area (Å²) in [6.45, 7) is 2.74. The van der Waals surface area contributed by atoms with Gasteiger partial charge in [0.25, 0.3) is 0 Å². The van der Waals surface area contributed by atoms with Gasteiger partial charge >= 0.3 is 0 Å². The molecule has 1 heterocycles. The SMILES string of the molecule is C#CCn1c(C2CCCC2)nc(CCCC)c1N. The van der Waals surface area contributed by atoms with Crippen molar-refractivity contribution in [3.63, 3.8) is 0 Å². The van der Waals surface area contributed by atoms with Gasteiger partial charge in [-0.25, -0.2) is 4.98 Å². The van der Waals surface area contributed by atoms with Crippen LogP contribution in [0.3, 0.4) is 0 Å². The lowest BCUT2D eigenvalue weighted by Gasteiger charge is -2.11. The number of nitrogens with two attached hydrogens (primary N) is 1. The fourth-order valence-corrected chi connectivity index (χ4v) is 2.82. The van der Waals surface area contributed by atoms with Crippen LogP contribution in [0.15, 0.2) is 0 Å². The molecule has 0 saturated heterocycles. The molecule has 3 heteroatoms. The molecule has 0 atom stereocenters. The maximum absolute atomic E-state index is 6.20.